The van der Waals surface area contributed by atoms with E-state index >= 15 is 0 Å². The smallest absolute Gasteiger partial charge is 0.210 e. The zero-order valence-corrected chi connectivity index (χ0v) is 14.2. The molecule has 0 atom stereocenters. The summed E-state index contributed by atoms with van der Waals surface area (Å²) in [4.78, 5) is 4.47. The van der Waals surface area contributed by atoms with E-state index in [1.165, 1.54) is 18.9 Å². The third-order valence-corrected chi connectivity index (χ3v) is 4.97. The second kappa shape index (κ2) is 6.12. The average molecular weight is 354 g/mol. The third-order valence-electron chi connectivity index (χ3n) is 4.97. The summed E-state index contributed by atoms with van der Waals surface area (Å²) in [5, 5.41) is 14.8. The van der Waals surface area contributed by atoms with Crippen LogP contribution in [-0.2, 0) is 13.0 Å². The summed E-state index contributed by atoms with van der Waals surface area (Å²) in [6, 6.07) is 3.14. The molecule has 0 saturated heterocycles. The number of hydrogen-bond acceptors (Lipinski definition) is 6. The molecule has 1 aliphatic carbocycles. The Labute approximate surface area is 149 Å². The van der Waals surface area contributed by atoms with Gasteiger partial charge in [0.05, 0.1) is 18.5 Å². The highest BCUT2D eigenvalue weighted by Gasteiger charge is 2.22. The van der Waals surface area contributed by atoms with Crippen molar-refractivity contribution < 1.29 is 9.13 Å². The minimum absolute atomic E-state index is 0.232. The lowest BCUT2D eigenvalue weighted by Gasteiger charge is -2.13. The van der Waals surface area contributed by atoms with Crippen molar-refractivity contribution in [1.29, 1.82) is 0 Å². The van der Waals surface area contributed by atoms with Gasteiger partial charge in [-0.2, -0.15) is 0 Å². The van der Waals surface area contributed by atoms with Gasteiger partial charge in [0.25, 0.3) is 0 Å². The summed E-state index contributed by atoms with van der Waals surface area (Å²) in [6.45, 7) is 1.85. The van der Waals surface area contributed by atoms with Crippen LogP contribution in [0, 0.1) is 11.7 Å². The zero-order valence-electron chi connectivity index (χ0n) is 14.2. The Morgan fingerprint density at radius 2 is 2.19 bits per heavy atom. The number of halogens is 1. The molecule has 7 nitrogen and oxygen atoms in total. The lowest BCUT2D eigenvalue weighted by Crippen LogP contribution is -2.11. The van der Waals surface area contributed by atoms with Gasteiger partial charge in [-0.1, -0.05) is 0 Å². The van der Waals surface area contributed by atoms with E-state index in [1.807, 2.05) is 0 Å². The van der Waals surface area contributed by atoms with Gasteiger partial charge in [-0.3, -0.25) is 0 Å². The molecule has 2 N–H and O–H groups in total. The van der Waals surface area contributed by atoms with Crippen LogP contribution in [0.4, 0.5) is 16.0 Å². The first-order chi connectivity index (χ1) is 12.8. The van der Waals surface area contributed by atoms with Gasteiger partial charge in [-0.05, 0) is 30.9 Å². The van der Waals surface area contributed by atoms with Gasteiger partial charge in [-0.15, -0.1) is 10.2 Å². The van der Waals surface area contributed by atoms with E-state index in [2.05, 4.69) is 25.8 Å². The molecule has 2 aromatic heterocycles. The molecule has 1 aliphatic heterocycles. The third kappa shape index (κ3) is 2.71. The maximum Gasteiger partial charge on any atom is 0.210 e. The number of fused-ring (bicyclic) bond motifs is 2. The number of anilines is 2. The molecule has 0 radical (unpaired) electrons. The predicted molar refractivity (Wildman–Crippen MR) is 94.9 cm³/mol. The Morgan fingerprint density at radius 1 is 1.27 bits per heavy atom. The van der Waals surface area contributed by atoms with Crippen LogP contribution in [0.2, 0.25) is 0 Å². The Balaban J connectivity index is 1.39. The molecule has 0 spiro atoms. The molecule has 1 aromatic carbocycles. The SMILES string of the molecule is Fc1ccc2c(c1CNc1ncc(NCC3CC3)c3nncn13)CCO2. The van der Waals surface area contributed by atoms with Crippen molar-refractivity contribution in [2.75, 3.05) is 23.8 Å². The number of ether oxygens (including phenoxy) is 1. The van der Waals surface area contributed by atoms with E-state index in [4.69, 9.17) is 4.74 Å². The number of nitrogens with zero attached hydrogens (tertiary/aromatic N) is 4. The summed E-state index contributed by atoms with van der Waals surface area (Å²) in [5.74, 6) is 1.87. The molecule has 0 unspecified atom stereocenters. The highest BCUT2D eigenvalue weighted by molar-refractivity contribution is 5.68. The summed E-state index contributed by atoms with van der Waals surface area (Å²) in [6.07, 6.45) is 6.65. The Bertz CT molecular complexity index is 968. The van der Waals surface area contributed by atoms with E-state index < -0.39 is 0 Å². The molecule has 0 bridgehead atoms. The first kappa shape index (κ1) is 15.4. The first-order valence-electron chi connectivity index (χ1n) is 8.89. The average Bonchev–Trinajstić information content (AvgIpc) is 3.14. The fourth-order valence-corrected chi connectivity index (χ4v) is 3.32. The van der Waals surface area contributed by atoms with Crippen LogP contribution in [0.1, 0.15) is 24.0 Å². The van der Waals surface area contributed by atoms with E-state index in [0.29, 0.717) is 30.3 Å². The number of hydrogen-bond donors (Lipinski definition) is 2. The van der Waals surface area contributed by atoms with Gasteiger partial charge >= 0.3 is 0 Å². The van der Waals surface area contributed by atoms with Gasteiger partial charge in [0.2, 0.25) is 5.95 Å². The van der Waals surface area contributed by atoms with Crippen LogP contribution in [0.25, 0.3) is 5.65 Å². The maximum atomic E-state index is 14.3. The normalized spacial score (nSPS) is 15.7. The van der Waals surface area contributed by atoms with E-state index in [1.54, 1.807) is 23.0 Å². The summed E-state index contributed by atoms with van der Waals surface area (Å²) in [7, 11) is 0. The molecular weight excluding hydrogens is 335 g/mol. The van der Waals surface area contributed by atoms with Crippen molar-refractivity contribution in [1.82, 2.24) is 19.6 Å². The maximum absolute atomic E-state index is 14.3. The van der Waals surface area contributed by atoms with Crippen molar-refractivity contribution in [3.63, 3.8) is 0 Å². The number of rotatable bonds is 6. The zero-order chi connectivity index (χ0) is 17.5. The van der Waals surface area contributed by atoms with Gasteiger partial charge in [-0.25, -0.2) is 13.8 Å². The van der Waals surface area contributed by atoms with Crippen molar-refractivity contribution in [2.24, 2.45) is 5.92 Å². The van der Waals surface area contributed by atoms with Crippen LogP contribution in [-0.4, -0.2) is 32.7 Å². The second-order valence-corrected chi connectivity index (χ2v) is 6.80. The number of benzene rings is 1. The van der Waals surface area contributed by atoms with E-state index in [-0.39, 0.29) is 5.82 Å². The second-order valence-electron chi connectivity index (χ2n) is 6.80. The lowest BCUT2D eigenvalue weighted by atomic mass is 10.0. The van der Waals surface area contributed by atoms with Gasteiger partial charge in [0, 0.05) is 30.6 Å². The molecule has 134 valence electrons. The lowest BCUT2D eigenvalue weighted by molar-refractivity contribution is 0.356. The van der Waals surface area contributed by atoms with Crippen LogP contribution in [0.3, 0.4) is 0 Å². The summed E-state index contributed by atoms with van der Waals surface area (Å²) < 4.78 is 21.6. The predicted octanol–water partition coefficient (Wildman–Crippen LogP) is 2.63. The minimum atomic E-state index is -0.232. The molecule has 26 heavy (non-hydrogen) atoms. The van der Waals surface area contributed by atoms with E-state index in [9.17, 15) is 4.39 Å². The van der Waals surface area contributed by atoms with Crippen molar-refractivity contribution in [2.45, 2.75) is 25.8 Å². The van der Waals surface area contributed by atoms with Gasteiger partial charge in [0.15, 0.2) is 5.65 Å². The molecule has 1 saturated carbocycles. The Kier molecular flexibility index (Phi) is 3.62. The first-order valence-corrected chi connectivity index (χ1v) is 8.89. The largest absolute Gasteiger partial charge is 0.493 e. The van der Waals surface area contributed by atoms with Crippen molar-refractivity contribution >= 4 is 17.3 Å². The fourth-order valence-electron chi connectivity index (χ4n) is 3.32. The number of nitrogens with one attached hydrogen (secondary N) is 2. The summed E-state index contributed by atoms with van der Waals surface area (Å²) >= 11 is 0. The highest BCUT2D eigenvalue weighted by atomic mass is 19.1. The van der Waals surface area contributed by atoms with Gasteiger partial charge < -0.3 is 15.4 Å². The van der Waals surface area contributed by atoms with Crippen molar-refractivity contribution in [3.05, 3.63) is 41.6 Å². The quantitative estimate of drug-likeness (QED) is 0.709. The van der Waals surface area contributed by atoms with Crippen LogP contribution < -0.4 is 15.4 Å². The van der Waals surface area contributed by atoms with Crippen LogP contribution in [0.5, 0.6) is 5.75 Å². The topological polar surface area (TPSA) is 76.4 Å². The highest BCUT2D eigenvalue weighted by Crippen LogP contribution is 2.31. The monoisotopic (exact) mass is 354 g/mol. The van der Waals surface area contributed by atoms with Crippen molar-refractivity contribution in [3.8, 4) is 5.75 Å². The molecule has 5 rings (SSSR count). The Hall–Kier alpha value is -2.90. The molecule has 3 heterocycles. The molecular formula is C18H19FN6O. The standard InChI is InChI=1S/C18H19FN6O/c19-14-3-4-16-12(5-6-26-16)13(14)8-21-18-22-9-15(20-7-11-1-2-11)17-24-23-10-25(17)18/h3-4,9-11,20H,1-2,5-8H2,(H,21,22). The number of aromatic nitrogens is 4. The van der Waals surface area contributed by atoms with Crippen LogP contribution >= 0.6 is 0 Å². The molecule has 3 aromatic rings. The molecule has 1 fully saturated rings. The van der Waals surface area contributed by atoms with E-state index in [0.717, 1.165) is 35.9 Å². The summed E-state index contributed by atoms with van der Waals surface area (Å²) in [5.41, 5.74) is 3.13. The fraction of sp³-hybridized carbons (Fsp3) is 0.389. The minimum Gasteiger partial charge on any atom is -0.493 e. The molecule has 2 aliphatic rings. The van der Waals surface area contributed by atoms with Crippen LogP contribution in [0.15, 0.2) is 24.7 Å². The Morgan fingerprint density at radius 3 is 3.08 bits per heavy atom. The van der Waals surface area contributed by atoms with Gasteiger partial charge in [0.1, 0.15) is 17.9 Å². The molecule has 8 heteroatoms. The molecule has 0 amide bonds.